The first kappa shape index (κ1) is 11.5. The summed E-state index contributed by atoms with van der Waals surface area (Å²) < 4.78 is 1.07. The Balaban J connectivity index is 1.84. The molecule has 1 aliphatic heterocycles. The van der Waals surface area contributed by atoms with Crippen molar-refractivity contribution < 1.29 is 0 Å². The highest BCUT2D eigenvalue weighted by atomic mass is 79.9. The van der Waals surface area contributed by atoms with Crippen LogP contribution in [0.25, 0.3) is 0 Å². The molecule has 3 nitrogen and oxygen atoms in total. The number of fused-ring (bicyclic) bond motifs is 1. The molecule has 4 heteroatoms. The molecule has 1 saturated carbocycles. The van der Waals surface area contributed by atoms with E-state index >= 15 is 0 Å². The number of pyridine rings is 1. The highest BCUT2D eigenvalue weighted by molar-refractivity contribution is 9.10. The molecule has 1 aromatic heterocycles. The zero-order valence-corrected chi connectivity index (χ0v) is 11.9. The number of rotatable bonds is 3. The first-order valence-electron chi connectivity index (χ1n) is 6.19. The summed E-state index contributed by atoms with van der Waals surface area (Å²) in [7, 11) is 4.31. The normalized spacial score (nSPS) is 30.8. The van der Waals surface area contributed by atoms with Gasteiger partial charge in [0.1, 0.15) is 0 Å². The van der Waals surface area contributed by atoms with Crippen LogP contribution in [0.3, 0.4) is 0 Å². The van der Waals surface area contributed by atoms with Crippen molar-refractivity contribution in [2.75, 3.05) is 25.5 Å². The smallest absolute Gasteiger partial charge is 0.0569 e. The molecular weight excluding hydrogens is 278 g/mol. The summed E-state index contributed by atoms with van der Waals surface area (Å²) in [5.74, 6) is 0.930. The lowest BCUT2D eigenvalue weighted by atomic mass is 10.1. The van der Waals surface area contributed by atoms with Gasteiger partial charge in [0.2, 0.25) is 0 Å². The number of piperidine rings is 1. The maximum Gasteiger partial charge on any atom is 0.0569 e. The van der Waals surface area contributed by atoms with Crippen molar-refractivity contribution in [3.8, 4) is 0 Å². The van der Waals surface area contributed by atoms with Gasteiger partial charge in [-0.2, -0.15) is 0 Å². The highest BCUT2D eigenvalue weighted by Crippen LogP contribution is 2.49. The molecule has 1 aliphatic carbocycles. The van der Waals surface area contributed by atoms with Crippen molar-refractivity contribution in [1.29, 1.82) is 0 Å². The fourth-order valence-electron chi connectivity index (χ4n) is 3.09. The predicted molar refractivity (Wildman–Crippen MR) is 73.3 cm³/mol. The van der Waals surface area contributed by atoms with Gasteiger partial charge in [-0.05, 0) is 54.9 Å². The van der Waals surface area contributed by atoms with E-state index < -0.39 is 0 Å². The lowest BCUT2D eigenvalue weighted by Gasteiger charge is -2.31. The van der Waals surface area contributed by atoms with Crippen LogP contribution in [-0.4, -0.2) is 42.6 Å². The summed E-state index contributed by atoms with van der Waals surface area (Å²) in [5.41, 5.74) is 1.27. The Morgan fingerprint density at radius 1 is 1.41 bits per heavy atom. The van der Waals surface area contributed by atoms with Crippen LogP contribution in [0.1, 0.15) is 12.8 Å². The van der Waals surface area contributed by atoms with Gasteiger partial charge in [-0.15, -0.1) is 0 Å². The molecule has 3 atom stereocenters. The molecule has 0 N–H and O–H groups in total. The van der Waals surface area contributed by atoms with E-state index in [0.29, 0.717) is 6.04 Å². The van der Waals surface area contributed by atoms with Gasteiger partial charge < -0.3 is 9.80 Å². The summed E-state index contributed by atoms with van der Waals surface area (Å²) in [5, 5.41) is 0. The van der Waals surface area contributed by atoms with Crippen molar-refractivity contribution in [3.63, 3.8) is 0 Å². The zero-order chi connectivity index (χ0) is 12.0. The first-order chi connectivity index (χ1) is 8.15. The van der Waals surface area contributed by atoms with Crippen LogP contribution in [0.5, 0.6) is 0 Å². The van der Waals surface area contributed by atoms with E-state index in [2.05, 4.69) is 50.9 Å². The van der Waals surface area contributed by atoms with Gasteiger partial charge in [0, 0.05) is 29.3 Å². The molecule has 0 radical (unpaired) electrons. The standard InChI is InChI=1S/C13H18BrN3/c1-16(2)8-12-3-9-4-13(9)17(12)11-5-10(14)6-15-7-11/h5-7,9,12-13H,3-4,8H2,1-2H3. The molecule has 92 valence electrons. The second-order valence-electron chi connectivity index (χ2n) is 5.48. The van der Waals surface area contributed by atoms with Crippen LogP contribution < -0.4 is 4.90 Å². The first-order valence-corrected chi connectivity index (χ1v) is 6.98. The van der Waals surface area contributed by atoms with Gasteiger partial charge in [-0.1, -0.05) is 0 Å². The lowest BCUT2D eigenvalue weighted by molar-refractivity contribution is 0.361. The van der Waals surface area contributed by atoms with E-state index in [1.807, 2.05) is 12.4 Å². The minimum absolute atomic E-state index is 0.657. The molecular formula is C13H18BrN3. The number of halogens is 1. The van der Waals surface area contributed by atoms with Gasteiger partial charge in [-0.25, -0.2) is 0 Å². The average Bonchev–Trinajstić information content (AvgIpc) is 2.89. The summed E-state index contributed by atoms with van der Waals surface area (Å²) >= 11 is 3.51. The average molecular weight is 296 g/mol. The largest absolute Gasteiger partial charge is 0.363 e. The number of aromatic nitrogens is 1. The molecule has 2 aliphatic rings. The molecule has 2 fully saturated rings. The Kier molecular flexibility index (Phi) is 2.87. The van der Waals surface area contributed by atoms with E-state index in [4.69, 9.17) is 0 Å². The van der Waals surface area contributed by atoms with Crippen molar-refractivity contribution in [3.05, 3.63) is 22.9 Å². The van der Waals surface area contributed by atoms with E-state index in [1.165, 1.54) is 18.5 Å². The fourth-order valence-corrected chi connectivity index (χ4v) is 3.44. The topological polar surface area (TPSA) is 19.4 Å². The second kappa shape index (κ2) is 4.25. The third-order valence-corrected chi connectivity index (χ3v) is 4.21. The summed E-state index contributed by atoms with van der Waals surface area (Å²) in [6.45, 7) is 1.14. The third-order valence-electron chi connectivity index (χ3n) is 3.78. The lowest BCUT2D eigenvalue weighted by Crippen LogP contribution is -2.40. The number of nitrogens with zero attached hydrogens (tertiary/aromatic N) is 3. The van der Waals surface area contributed by atoms with Crippen LogP contribution in [-0.2, 0) is 0 Å². The highest BCUT2D eigenvalue weighted by Gasteiger charge is 2.51. The van der Waals surface area contributed by atoms with E-state index in [9.17, 15) is 0 Å². The maximum absolute atomic E-state index is 4.29. The Bertz CT molecular complexity index is 421. The third kappa shape index (κ3) is 2.20. The van der Waals surface area contributed by atoms with Gasteiger partial charge in [-0.3, -0.25) is 4.98 Å². The summed E-state index contributed by atoms with van der Waals surface area (Å²) in [6.07, 6.45) is 6.56. The molecule has 0 spiro atoms. The summed E-state index contributed by atoms with van der Waals surface area (Å²) in [6, 6.07) is 3.62. The predicted octanol–water partition coefficient (Wildman–Crippen LogP) is 2.37. The van der Waals surface area contributed by atoms with Crippen molar-refractivity contribution >= 4 is 21.6 Å². The SMILES string of the molecule is CN(C)CC1CC2CC2N1c1cncc(Br)c1. The van der Waals surface area contributed by atoms with Gasteiger partial charge >= 0.3 is 0 Å². The molecule has 3 unspecified atom stereocenters. The molecule has 3 rings (SSSR count). The summed E-state index contributed by atoms with van der Waals surface area (Å²) in [4.78, 5) is 9.16. The maximum atomic E-state index is 4.29. The number of anilines is 1. The van der Waals surface area contributed by atoms with E-state index in [0.717, 1.165) is 23.0 Å². The Morgan fingerprint density at radius 2 is 2.24 bits per heavy atom. The second-order valence-corrected chi connectivity index (χ2v) is 6.40. The number of hydrogen-bond donors (Lipinski definition) is 0. The molecule has 1 saturated heterocycles. The molecule has 0 amide bonds. The molecule has 2 heterocycles. The van der Waals surface area contributed by atoms with Crippen molar-refractivity contribution in [1.82, 2.24) is 9.88 Å². The monoisotopic (exact) mass is 295 g/mol. The fraction of sp³-hybridized carbons (Fsp3) is 0.615. The van der Waals surface area contributed by atoms with Gasteiger partial charge in [0.05, 0.1) is 11.9 Å². The molecule has 17 heavy (non-hydrogen) atoms. The molecule has 1 aromatic rings. The Morgan fingerprint density at radius 3 is 2.94 bits per heavy atom. The minimum Gasteiger partial charge on any atom is -0.363 e. The van der Waals surface area contributed by atoms with E-state index in [-0.39, 0.29) is 0 Å². The minimum atomic E-state index is 0.657. The quantitative estimate of drug-likeness (QED) is 0.853. The zero-order valence-electron chi connectivity index (χ0n) is 10.3. The molecule has 0 aromatic carbocycles. The Hall–Kier alpha value is -0.610. The van der Waals surface area contributed by atoms with Crippen molar-refractivity contribution in [2.24, 2.45) is 5.92 Å². The van der Waals surface area contributed by atoms with Crippen LogP contribution in [0.2, 0.25) is 0 Å². The van der Waals surface area contributed by atoms with Crippen molar-refractivity contribution in [2.45, 2.75) is 24.9 Å². The van der Waals surface area contributed by atoms with E-state index in [1.54, 1.807) is 0 Å². The Labute approximate surface area is 111 Å². The van der Waals surface area contributed by atoms with Crippen LogP contribution >= 0.6 is 15.9 Å². The van der Waals surface area contributed by atoms with Crippen LogP contribution in [0, 0.1) is 5.92 Å². The van der Waals surface area contributed by atoms with Crippen LogP contribution in [0.4, 0.5) is 5.69 Å². The number of hydrogen-bond acceptors (Lipinski definition) is 3. The van der Waals surface area contributed by atoms with Gasteiger partial charge in [0.25, 0.3) is 0 Å². The van der Waals surface area contributed by atoms with Gasteiger partial charge in [0.15, 0.2) is 0 Å². The molecule has 0 bridgehead atoms. The number of likely N-dealkylation sites (N-methyl/N-ethyl adjacent to an activating group) is 1. The van der Waals surface area contributed by atoms with Crippen LogP contribution in [0.15, 0.2) is 22.9 Å².